The normalized spacial score (nSPS) is 31.3. The van der Waals surface area contributed by atoms with Crippen LogP contribution in [0.2, 0.25) is 0 Å². The van der Waals surface area contributed by atoms with Gasteiger partial charge in [0.05, 0.1) is 25.4 Å². The Balaban J connectivity index is 0. The van der Waals surface area contributed by atoms with E-state index in [2.05, 4.69) is 125 Å². The van der Waals surface area contributed by atoms with Gasteiger partial charge in [0.15, 0.2) is 5.79 Å². The molecule has 2 heterocycles. The van der Waals surface area contributed by atoms with E-state index in [0.29, 0.717) is 11.3 Å². The van der Waals surface area contributed by atoms with Crippen LogP contribution in [0.5, 0.6) is 0 Å². The molecule has 2 saturated heterocycles. The molecule has 4 saturated carbocycles. The van der Waals surface area contributed by atoms with Crippen LogP contribution in [0, 0.1) is 70.0 Å². The van der Waals surface area contributed by atoms with Crippen molar-refractivity contribution in [3.63, 3.8) is 0 Å². The SMILES string of the molecule is CC1CCC(C)CC1.CC1CCCCC1C.CC1CCCCC1C.CCC(CC)(CO)CO.CCC1(CC)CCOCC1.CCC1CCC1CC.CCC1OC(C)(C(C)C)OC1CC.CCCC(C)CC. The minimum absolute atomic E-state index is 0.0938. The third kappa shape index (κ3) is 31.0. The van der Waals surface area contributed by atoms with Crippen molar-refractivity contribution in [1.29, 1.82) is 0 Å². The molecule has 6 aliphatic rings. The number of hydrogen-bond donors (Lipinski definition) is 2. The Bertz CT molecular complexity index is 1040. The summed E-state index contributed by atoms with van der Waals surface area (Å²) in [6, 6.07) is 0. The highest BCUT2D eigenvalue weighted by Gasteiger charge is 2.44. The van der Waals surface area contributed by atoms with Gasteiger partial charge in [0.25, 0.3) is 0 Å². The molecule has 2 aliphatic heterocycles. The molecule has 430 valence electrons. The van der Waals surface area contributed by atoms with E-state index in [0.717, 1.165) is 92.2 Å². The monoisotopic (exact) mass is 1010 g/mol. The zero-order valence-electron chi connectivity index (χ0n) is 52.5. The molecule has 0 amide bonds. The zero-order valence-corrected chi connectivity index (χ0v) is 52.5. The van der Waals surface area contributed by atoms with Gasteiger partial charge in [-0.05, 0) is 117 Å². The summed E-state index contributed by atoms with van der Waals surface area (Å²) in [6.07, 6.45) is 37.2. The van der Waals surface area contributed by atoms with Crippen LogP contribution in [0.15, 0.2) is 0 Å². The lowest BCUT2D eigenvalue weighted by atomic mass is 9.71. The molecule has 6 rings (SSSR count). The summed E-state index contributed by atoms with van der Waals surface area (Å²) in [7, 11) is 0. The highest BCUT2D eigenvalue weighted by Crippen LogP contribution is 2.39. The first-order valence-corrected chi connectivity index (χ1v) is 31.8. The Kier molecular flexibility index (Phi) is 44.0. The minimum Gasteiger partial charge on any atom is -0.396 e. The van der Waals surface area contributed by atoms with Gasteiger partial charge in [-0.25, -0.2) is 0 Å². The van der Waals surface area contributed by atoms with Crippen LogP contribution in [0.1, 0.15) is 312 Å². The molecule has 9 unspecified atom stereocenters. The van der Waals surface area contributed by atoms with Crippen molar-refractivity contribution in [3.8, 4) is 0 Å². The Labute approximate surface area is 448 Å². The second kappa shape index (κ2) is 42.9. The highest BCUT2D eigenvalue weighted by molar-refractivity contribution is 4.84. The van der Waals surface area contributed by atoms with Gasteiger partial charge in [0, 0.05) is 24.5 Å². The highest BCUT2D eigenvalue weighted by atomic mass is 16.8. The minimum atomic E-state index is -0.360. The Morgan fingerprint density at radius 2 is 0.859 bits per heavy atom. The first-order valence-electron chi connectivity index (χ1n) is 31.8. The maximum atomic E-state index is 8.82. The number of rotatable bonds is 14. The van der Waals surface area contributed by atoms with Gasteiger partial charge < -0.3 is 24.4 Å². The van der Waals surface area contributed by atoms with E-state index in [1.807, 2.05) is 13.8 Å². The smallest absolute Gasteiger partial charge is 0.168 e. The summed E-state index contributed by atoms with van der Waals surface area (Å²) in [4.78, 5) is 0. The maximum Gasteiger partial charge on any atom is 0.168 e. The van der Waals surface area contributed by atoms with E-state index in [4.69, 9.17) is 24.4 Å². The van der Waals surface area contributed by atoms with Crippen LogP contribution in [-0.2, 0) is 14.2 Å². The van der Waals surface area contributed by atoms with E-state index in [1.165, 1.54) is 148 Å². The first-order chi connectivity index (χ1) is 33.7. The topological polar surface area (TPSA) is 68.2 Å². The molecule has 2 N–H and O–H groups in total. The van der Waals surface area contributed by atoms with Crippen LogP contribution in [-0.4, -0.2) is 54.6 Å². The average Bonchev–Trinajstić information content (AvgIpc) is 3.74. The van der Waals surface area contributed by atoms with Gasteiger partial charge in [-0.15, -0.1) is 0 Å². The Morgan fingerprint density at radius 1 is 0.507 bits per heavy atom. The zero-order chi connectivity index (χ0) is 54.5. The molecule has 0 spiro atoms. The number of aliphatic hydroxyl groups is 2. The number of hydrogen-bond acceptors (Lipinski definition) is 5. The molecule has 0 aromatic rings. The van der Waals surface area contributed by atoms with Crippen molar-refractivity contribution < 1.29 is 24.4 Å². The number of aliphatic hydroxyl groups excluding tert-OH is 2. The van der Waals surface area contributed by atoms with Crippen molar-refractivity contribution in [2.75, 3.05) is 26.4 Å². The largest absolute Gasteiger partial charge is 0.396 e. The molecular formula is C66H136O5. The van der Waals surface area contributed by atoms with Crippen molar-refractivity contribution in [3.05, 3.63) is 0 Å². The van der Waals surface area contributed by atoms with Crippen molar-refractivity contribution in [2.45, 2.75) is 330 Å². The number of ether oxygens (including phenoxy) is 3. The second-order valence-electron chi connectivity index (χ2n) is 25.2. The lowest BCUT2D eigenvalue weighted by molar-refractivity contribution is -0.190. The van der Waals surface area contributed by atoms with Gasteiger partial charge in [-0.1, -0.05) is 254 Å². The van der Waals surface area contributed by atoms with Crippen LogP contribution >= 0.6 is 0 Å². The second-order valence-corrected chi connectivity index (χ2v) is 25.2. The molecule has 9 atom stereocenters. The van der Waals surface area contributed by atoms with Gasteiger partial charge in [0.1, 0.15) is 0 Å². The Morgan fingerprint density at radius 3 is 1.03 bits per heavy atom. The predicted octanol–water partition coefficient (Wildman–Crippen LogP) is 20.5. The summed E-state index contributed by atoms with van der Waals surface area (Å²) in [5.74, 6) is 9.25. The van der Waals surface area contributed by atoms with Crippen LogP contribution in [0.3, 0.4) is 0 Å². The van der Waals surface area contributed by atoms with E-state index in [1.54, 1.807) is 0 Å². The fraction of sp³-hybridized carbons (Fsp3) is 1.00. The van der Waals surface area contributed by atoms with Gasteiger partial charge in [0.2, 0.25) is 0 Å². The van der Waals surface area contributed by atoms with Gasteiger partial charge in [-0.2, -0.15) is 0 Å². The van der Waals surface area contributed by atoms with Crippen molar-refractivity contribution in [2.24, 2.45) is 70.0 Å². The fourth-order valence-corrected chi connectivity index (χ4v) is 11.1. The molecule has 6 fully saturated rings. The molecule has 5 nitrogen and oxygen atoms in total. The molecule has 71 heavy (non-hydrogen) atoms. The van der Waals surface area contributed by atoms with Gasteiger partial charge >= 0.3 is 0 Å². The first kappa shape index (κ1) is 72.9. The summed E-state index contributed by atoms with van der Waals surface area (Å²) < 4.78 is 17.2. The molecular weight excluding hydrogens is 873 g/mol. The third-order valence-corrected chi connectivity index (χ3v) is 19.8. The Hall–Kier alpha value is -0.200. The van der Waals surface area contributed by atoms with Crippen molar-refractivity contribution in [1.82, 2.24) is 0 Å². The summed E-state index contributed by atoms with van der Waals surface area (Å²) in [5, 5.41) is 17.6. The molecule has 0 aromatic heterocycles. The van der Waals surface area contributed by atoms with Crippen LogP contribution < -0.4 is 0 Å². The molecule has 5 heteroatoms. The van der Waals surface area contributed by atoms with Crippen LogP contribution in [0.25, 0.3) is 0 Å². The van der Waals surface area contributed by atoms with Crippen molar-refractivity contribution >= 4 is 0 Å². The lowest BCUT2D eigenvalue weighted by Crippen LogP contribution is -2.33. The quantitative estimate of drug-likeness (QED) is 0.181. The van der Waals surface area contributed by atoms with E-state index >= 15 is 0 Å². The molecule has 0 radical (unpaired) electrons. The lowest BCUT2D eigenvalue weighted by Gasteiger charge is -2.35. The summed E-state index contributed by atoms with van der Waals surface area (Å²) >= 11 is 0. The molecule has 0 aromatic carbocycles. The standard InChI is InChI=1S/C11H22O2.C9H18O.4C8H16.C7H16O2.C7H16/c1-6-9-10(7-2)13-11(5,12-9)8(3)4;1-3-9(4-2)5-7-10-8-6-9;1-7-3-5-8(2)6-4-7;2*1-7-5-3-4-6-8(7)2;1-3-7-5-6-8(7)4-2;1-3-7(4-2,5-8)6-9;1-4-6-7(3)5-2/h8-10H,6-7H2,1-5H3;3-8H2,1-2H3;4*7-8H,3-6H2,1-2H3;8-9H,3-6H2,1-2H3;7H,4-6H2,1-3H3. The van der Waals surface area contributed by atoms with E-state index in [9.17, 15) is 0 Å². The molecule has 0 bridgehead atoms. The van der Waals surface area contributed by atoms with E-state index in [-0.39, 0.29) is 36.6 Å². The summed E-state index contributed by atoms with van der Waals surface area (Å²) in [6.45, 7) is 47.1. The summed E-state index contributed by atoms with van der Waals surface area (Å²) in [5.41, 5.74) is 0.415. The predicted molar refractivity (Wildman–Crippen MR) is 315 cm³/mol. The maximum absolute atomic E-state index is 8.82. The molecule has 4 aliphatic carbocycles. The van der Waals surface area contributed by atoms with E-state index < -0.39 is 0 Å². The third-order valence-electron chi connectivity index (χ3n) is 19.8. The fourth-order valence-electron chi connectivity index (χ4n) is 11.1. The van der Waals surface area contributed by atoms with Crippen LogP contribution in [0.4, 0.5) is 0 Å². The average molecular weight is 1010 g/mol. The van der Waals surface area contributed by atoms with Gasteiger partial charge in [-0.3, -0.25) is 0 Å².